The molecular weight excluding hydrogens is 372 g/mol. The van der Waals surface area contributed by atoms with Crippen LogP contribution in [0, 0.1) is 0 Å². The van der Waals surface area contributed by atoms with Gasteiger partial charge in [-0.05, 0) is 41.8 Å². The lowest BCUT2D eigenvalue weighted by molar-refractivity contribution is 0.838. The minimum Gasteiger partial charge on any atom is -0.303 e. The molecule has 0 saturated heterocycles. The summed E-state index contributed by atoms with van der Waals surface area (Å²) in [4.78, 5) is 4.33. The molecule has 0 unspecified atom stereocenters. The van der Waals surface area contributed by atoms with Crippen LogP contribution in [0.1, 0.15) is 30.2 Å². The highest BCUT2D eigenvalue weighted by molar-refractivity contribution is 9.10. The third-order valence-corrected chi connectivity index (χ3v) is 4.72. The van der Waals surface area contributed by atoms with Crippen molar-refractivity contribution in [3.63, 3.8) is 0 Å². The van der Waals surface area contributed by atoms with E-state index in [0.717, 1.165) is 40.0 Å². The van der Waals surface area contributed by atoms with E-state index in [1.165, 1.54) is 11.3 Å². The zero-order chi connectivity index (χ0) is 16.2. The second-order valence-corrected chi connectivity index (χ2v) is 6.87. The van der Waals surface area contributed by atoms with Gasteiger partial charge in [-0.2, -0.15) is 0 Å². The maximum atomic E-state index is 6.34. The van der Waals surface area contributed by atoms with E-state index in [9.17, 15) is 0 Å². The Balaban J connectivity index is 2.05. The lowest BCUT2D eigenvalue weighted by atomic mass is 10.0. The first-order chi connectivity index (χ1) is 11.2. The Morgan fingerprint density at radius 3 is 2.74 bits per heavy atom. The van der Waals surface area contributed by atoms with Gasteiger partial charge in [0.1, 0.15) is 0 Å². The van der Waals surface area contributed by atoms with Gasteiger partial charge in [0.05, 0.1) is 12.0 Å². The molecule has 2 nitrogen and oxygen atoms in total. The maximum Gasteiger partial charge on any atom is 0.0994 e. The molecule has 0 fully saturated rings. The molecule has 0 atom stereocenters. The van der Waals surface area contributed by atoms with Gasteiger partial charge in [0.2, 0.25) is 0 Å². The molecule has 3 aromatic rings. The van der Waals surface area contributed by atoms with Crippen molar-refractivity contribution in [2.75, 3.05) is 0 Å². The Hall–Kier alpha value is -1.58. The second kappa shape index (κ2) is 7.33. The van der Waals surface area contributed by atoms with E-state index < -0.39 is 0 Å². The predicted molar refractivity (Wildman–Crippen MR) is 99.5 cm³/mol. The van der Waals surface area contributed by atoms with Crippen molar-refractivity contribution < 1.29 is 0 Å². The molecule has 3 rings (SSSR count). The molecule has 0 aliphatic heterocycles. The normalized spacial score (nSPS) is 10.9. The van der Waals surface area contributed by atoms with E-state index in [-0.39, 0.29) is 0 Å². The summed E-state index contributed by atoms with van der Waals surface area (Å²) in [6, 6.07) is 14.4. The van der Waals surface area contributed by atoms with E-state index in [4.69, 9.17) is 11.6 Å². The lowest BCUT2D eigenvalue weighted by Gasteiger charge is -2.14. The Morgan fingerprint density at radius 1 is 1.13 bits per heavy atom. The quantitative estimate of drug-likeness (QED) is 0.536. The Morgan fingerprint density at radius 2 is 1.96 bits per heavy atom. The summed E-state index contributed by atoms with van der Waals surface area (Å²) in [6.07, 6.45) is 6.75. The van der Waals surface area contributed by atoms with Gasteiger partial charge >= 0.3 is 0 Å². The topological polar surface area (TPSA) is 17.8 Å². The molecule has 23 heavy (non-hydrogen) atoms. The van der Waals surface area contributed by atoms with Gasteiger partial charge in [-0.25, -0.2) is 4.98 Å². The first kappa shape index (κ1) is 16.3. The molecule has 1 aromatic heterocycles. The summed E-state index contributed by atoms with van der Waals surface area (Å²) in [5.41, 5.74) is 4.75. The second-order valence-electron chi connectivity index (χ2n) is 5.55. The molecule has 0 radical (unpaired) electrons. The van der Waals surface area contributed by atoms with Crippen LogP contribution in [-0.4, -0.2) is 9.55 Å². The van der Waals surface area contributed by atoms with Crippen molar-refractivity contribution >= 4 is 27.5 Å². The summed E-state index contributed by atoms with van der Waals surface area (Å²) in [7, 11) is 0. The van der Waals surface area contributed by atoms with E-state index in [0.29, 0.717) is 0 Å². The molecule has 0 spiro atoms. The fourth-order valence-corrected chi connectivity index (χ4v) is 3.37. The zero-order valence-electron chi connectivity index (χ0n) is 13.0. The molecule has 4 heteroatoms. The molecule has 0 amide bonds. The number of nitrogens with zero attached hydrogens (tertiary/aromatic N) is 2. The SMILES string of the molecule is CCCc1cncn1-c1ccc(Br)cc1Cc1ccccc1Cl. The van der Waals surface area contributed by atoms with Crippen molar-refractivity contribution in [1.29, 1.82) is 0 Å². The van der Waals surface area contributed by atoms with E-state index >= 15 is 0 Å². The van der Waals surface area contributed by atoms with Crippen LogP contribution in [0.5, 0.6) is 0 Å². The highest BCUT2D eigenvalue weighted by atomic mass is 79.9. The minimum absolute atomic E-state index is 0.790. The van der Waals surface area contributed by atoms with Gasteiger partial charge < -0.3 is 4.57 Å². The van der Waals surface area contributed by atoms with Crippen LogP contribution < -0.4 is 0 Å². The van der Waals surface area contributed by atoms with Crippen LogP contribution in [-0.2, 0) is 12.8 Å². The summed E-state index contributed by atoms with van der Waals surface area (Å²) >= 11 is 9.92. The number of aromatic nitrogens is 2. The first-order valence-corrected chi connectivity index (χ1v) is 8.89. The maximum absolute atomic E-state index is 6.34. The Kier molecular flexibility index (Phi) is 5.19. The monoisotopic (exact) mass is 388 g/mol. The molecular formula is C19H18BrClN2. The van der Waals surface area contributed by atoms with Crippen molar-refractivity contribution in [2.45, 2.75) is 26.2 Å². The number of hydrogen-bond donors (Lipinski definition) is 0. The van der Waals surface area contributed by atoms with E-state index in [1.54, 1.807) is 0 Å². The van der Waals surface area contributed by atoms with Crippen molar-refractivity contribution in [3.05, 3.63) is 81.3 Å². The van der Waals surface area contributed by atoms with Crippen molar-refractivity contribution in [1.82, 2.24) is 9.55 Å². The third-order valence-electron chi connectivity index (χ3n) is 3.86. The average molecular weight is 390 g/mol. The van der Waals surface area contributed by atoms with Crippen LogP contribution in [0.3, 0.4) is 0 Å². The van der Waals surface area contributed by atoms with Crippen LogP contribution in [0.25, 0.3) is 5.69 Å². The number of rotatable bonds is 5. The lowest BCUT2D eigenvalue weighted by Crippen LogP contribution is -2.04. The molecule has 0 aliphatic carbocycles. The standard InChI is InChI=1S/C19H18BrClN2/c1-2-5-17-12-22-13-23(17)19-9-8-16(20)11-15(19)10-14-6-3-4-7-18(14)21/h3-4,6-9,11-13H,2,5,10H2,1H3. The largest absolute Gasteiger partial charge is 0.303 e. The smallest absolute Gasteiger partial charge is 0.0994 e. The molecule has 2 aromatic carbocycles. The number of halogens is 2. The van der Waals surface area contributed by atoms with Gasteiger partial charge in [0.15, 0.2) is 0 Å². The first-order valence-electron chi connectivity index (χ1n) is 7.72. The highest BCUT2D eigenvalue weighted by Gasteiger charge is 2.11. The molecule has 1 heterocycles. The molecule has 118 valence electrons. The summed E-state index contributed by atoms with van der Waals surface area (Å²) in [6.45, 7) is 2.18. The van der Waals surface area contributed by atoms with Crippen molar-refractivity contribution in [3.8, 4) is 5.69 Å². The number of aryl methyl sites for hydroxylation is 1. The van der Waals surface area contributed by atoms with Crippen LogP contribution >= 0.6 is 27.5 Å². The van der Waals surface area contributed by atoms with Gasteiger partial charge in [0, 0.05) is 27.8 Å². The highest BCUT2D eigenvalue weighted by Crippen LogP contribution is 2.26. The fraction of sp³-hybridized carbons (Fsp3) is 0.211. The minimum atomic E-state index is 0.790. The molecule has 0 aliphatic rings. The summed E-state index contributed by atoms with van der Waals surface area (Å²) in [5, 5.41) is 0.804. The Labute approximate surface area is 150 Å². The average Bonchev–Trinajstić information content (AvgIpc) is 2.98. The van der Waals surface area contributed by atoms with Crippen LogP contribution in [0.2, 0.25) is 5.02 Å². The van der Waals surface area contributed by atoms with E-state index in [1.807, 2.05) is 30.7 Å². The summed E-state index contributed by atoms with van der Waals surface area (Å²) in [5.74, 6) is 0. The molecule has 0 saturated carbocycles. The fourth-order valence-electron chi connectivity index (χ4n) is 2.76. The summed E-state index contributed by atoms with van der Waals surface area (Å²) < 4.78 is 3.25. The predicted octanol–water partition coefficient (Wildman–Crippen LogP) is 5.83. The molecule has 0 N–H and O–H groups in total. The van der Waals surface area contributed by atoms with Gasteiger partial charge in [0.25, 0.3) is 0 Å². The van der Waals surface area contributed by atoms with E-state index in [2.05, 4.69) is 56.7 Å². The van der Waals surface area contributed by atoms with Gasteiger partial charge in [-0.15, -0.1) is 0 Å². The molecule has 0 bridgehead atoms. The van der Waals surface area contributed by atoms with Crippen molar-refractivity contribution in [2.24, 2.45) is 0 Å². The Bertz CT molecular complexity index is 811. The van der Waals surface area contributed by atoms with Gasteiger partial charge in [-0.3, -0.25) is 0 Å². The van der Waals surface area contributed by atoms with Crippen LogP contribution in [0.15, 0.2) is 59.5 Å². The zero-order valence-corrected chi connectivity index (χ0v) is 15.3. The number of hydrogen-bond acceptors (Lipinski definition) is 1. The van der Waals surface area contributed by atoms with Gasteiger partial charge in [-0.1, -0.05) is 59.1 Å². The third kappa shape index (κ3) is 3.67. The van der Waals surface area contributed by atoms with Crippen LogP contribution in [0.4, 0.5) is 0 Å². The number of imidazole rings is 1. The number of benzene rings is 2.